The Morgan fingerprint density at radius 2 is 2.17 bits per heavy atom. The van der Waals surface area contributed by atoms with Crippen molar-refractivity contribution in [2.24, 2.45) is 17.8 Å². The molecule has 2 rings (SSSR count). The van der Waals surface area contributed by atoms with E-state index < -0.39 is 0 Å². The molecule has 0 bridgehead atoms. The molecule has 2 heteroatoms. The molecular formula is C16H26OS. The van der Waals surface area contributed by atoms with Gasteiger partial charge in [0.25, 0.3) is 0 Å². The highest BCUT2D eigenvalue weighted by Crippen LogP contribution is 2.43. The third-order valence-corrected chi connectivity index (χ3v) is 5.64. The minimum Gasteiger partial charge on any atom is -0.294 e. The van der Waals surface area contributed by atoms with E-state index >= 15 is 0 Å². The van der Waals surface area contributed by atoms with Gasteiger partial charge in [-0.1, -0.05) is 33.1 Å². The van der Waals surface area contributed by atoms with Crippen LogP contribution in [-0.2, 0) is 4.79 Å². The molecule has 2 aliphatic carbocycles. The summed E-state index contributed by atoms with van der Waals surface area (Å²) in [5.74, 6) is 3.46. The second-order valence-electron chi connectivity index (χ2n) is 5.95. The second kappa shape index (κ2) is 6.79. The van der Waals surface area contributed by atoms with E-state index in [1.165, 1.54) is 32.1 Å². The van der Waals surface area contributed by atoms with E-state index in [1.54, 1.807) is 0 Å². The largest absolute Gasteiger partial charge is 0.294 e. The molecule has 18 heavy (non-hydrogen) atoms. The lowest BCUT2D eigenvalue weighted by Crippen LogP contribution is -2.36. The van der Waals surface area contributed by atoms with E-state index in [0.717, 1.165) is 30.1 Å². The van der Waals surface area contributed by atoms with Crippen molar-refractivity contribution in [1.82, 2.24) is 0 Å². The molecule has 0 aliphatic heterocycles. The quantitative estimate of drug-likeness (QED) is 0.536. The Balaban J connectivity index is 1.94. The Kier molecular flexibility index (Phi) is 5.35. The van der Waals surface area contributed by atoms with Crippen molar-refractivity contribution in [2.75, 3.05) is 5.75 Å². The van der Waals surface area contributed by atoms with Crippen LogP contribution in [0.15, 0.2) is 11.0 Å². The van der Waals surface area contributed by atoms with Crippen molar-refractivity contribution in [1.29, 1.82) is 0 Å². The van der Waals surface area contributed by atoms with Crippen LogP contribution in [0.4, 0.5) is 0 Å². The maximum atomic E-state index is 12.5. The summed E-state index contributed by atoms with van der Waals surface area (Å²) in [6, 6.07) is 0. The van der Waals surface area contributed by atoms with Crippen LogP contribution in [0.1, 0.15) is 58.8 Å². The summed E-state index contributed by atoms with van der Waals surface area (Å²) in [5, 5.41) is 2.17. The number of hydrogen-bond donors (Lipinski definition) is 0. The molecule has 0 aromatic rings. The van der Waals surface area contributed by atoms with Crippen LogP contribution in [0.25, 0.3) is 0 Å². The van der Waals surface area contributed by atoms with Crippen molar-refractivity contribution in [3.63, 3.8) is 0 Å². The van der Waals surface area contributed by atoms with Crippen LogP contribution in [0, 0.1) is 17.8 Å². The first kappa shape index (κ1) is 14.2. The van der Waals surface area contributed by atoms with Crippen LogP contribution >= 0.6 is 11.8 Å². The van der Waals surface area contributed by atoms with Crippen LogP contribution in [0.2, 0.25) is 0 Å². The smallest absolute Gasteiger partial charge is 0.162 e. The topological polar surface area (TPSA) is 17.1 Å². The van der Waals surface area contributed by atoms with Crippen molar-refractivity contribution >= 4 is 17.5 Å². The molecule has 2 fully saturated rings. The Labute approximate surface area is 116 Å². The molecule has 0 N–H and O–H groups in total. The molecule has 1 nitrogen and oxygen atoms in total. The van der Waals surface area contributed by atoms with E-state index in [-0.39, 0.29) is 0 Å². The predicted octanol–water partition coefficient (Wildman–Crippen LogP) is 4.82. The summed E-state index contributed by atoms with van der Waals surface area (Å²) in [6.07, 6.45) is 8.51. The van der Waals surface area contributed by atoms with E-state index in [9.17, 15) is 4.79 Å². The van der Waals surface area contributed by atoms with Crippen molar-refractivity contribution < 1.29 is 4.79 Å². The molecule has 3 unspecified atom stereocenters. The zero-order valence-corrected chi connectivity index (χ0v) is 12.6. The normalized spacial score (nSPS) is 34.7. The lowest BCUT2D eigenvalue weighted by Gasteiger charge is -2.39. The van der Waals surface area contributed by atoms with Gasteiger partial charge in [-0.2, -0.15) is 0 Å². The molecular weight excluding hydrogens is 240 g/mol. The van der Waals surface area contributed by atoms with Gasteiger partial charge in [-0.15, -0.1) is 11.8 Å². The van der Waals surface area contributed by atoms with E-state index in [4.69, 9.17) is 0 Å². The number of Topliss-reactive ketones (excluding diaryl/α,β-unsaturated/α-hetero) is 1. The summed E-state index contributed by atoms with van der Waals surface area (Å²) < 4.78 is 0. The highest BCUT2D eigenvalue weighted by Gasteiger charge is 2.39. The maximum absolute atomic E-state index is 12.5. The van der Waals surface area contributed by atoms with Gasteiger partial charge in [0.15, 0.2) is 5.78 Å². The summed E-state index contributed by atoms with van der Waals surface area (Å²) in [6.45, 7) is 4.56. The van der Waals surface area contributed by atoms with E-state index in [0.29, 0.717) is 17.6 Å². The highest BCUT2D eigenvalue weighted by atomic mass is 32.2. The van der Waals surface area contributed by atoms with E-state index in [1.807, 2.05) is 11.8 Å². The van der Waals surface area contributed by atoms with Gasteiger partial charge in [0.1, 0.15) is 0 Å². The monoisotopic (exact) mass is 266 g/mol. The lowest BCUT2D eigenvalue weighted by atomic mass is 9.64. The summed E-state index contributed by atoms with van der Waals surface area (Å²) in [5.41, 5.74) is 1.13. The SMILES string of the molecule is CCCCS/C=C1\CCC2C(C)CCCC2C1=O. The average molecular weight is 266 g/mol. The van der Waals surface area contributed by atoms with Gasteiger partial charge in [0.2, 0.25) is 0 Å². The number of hydrogen-bond acceptors (Lipinski definition) is 2. The first-order valence-electron chi connectivity index (χ1n) is 7.59. The van der Waals surface area contributed by atoms with Crippen LogP contribution in [-0.4, -0.2) is 11.5 Å². The van der Waals surface area contributed by atoms with Crippen molar-refractivity contribution in [2.45, 2.75) is 58.8 Å². The molecule has 0 radical (unpaired) electrons. The maximum Gasteiger partial charge on any atom is 0.162 e. The third kappa shape index (κ3) is 3.20. The number of unbranched alkanes of at least 4 members (excludes halogenated alkanes) is 1. The Hall–Kier alpha value is -0.240. The number of ketones is 1. The summed E-state index contributed by atoms with van der Waals surface area (Å²) in [4.78, 5) is 12.5. The van der Waals surface area contributed by atoms with Crippen molar-refractivity contribution in [3.05, 3.63) is 11.0 Å². The van der Waals surface area contributed by atoms with Gasteiger partial charge < -0.3 is 0 Å². The Bertz CT molecular complexity index is 321. The predicted molar refractivity (Wildman–Crippen MR) is 79.7 cm³/mol. The van der Waals surface area contributed by atoms with Gasteiger partial charge in [-0.05, 0) is 48.7 Å². The van der Waals surface area contributed by atoms with Crippen molar-refractivity contribution in [3.8, 4) is 0 Å². The second-order valence-corrected chi connectivity index (χ2v) is 6.93. The van der Waals surface area contributed by atoms with Crippen LogP contribution < -0.4 is 0 Å². The molecule has 0 amide bonds. The fourth-order valence-corrected chi connectivity index (χ4v) is 4.49. The first-order valence-corrected chi connectivity index (χ1v) is 8.63. The molecule has 3 atom stereocenters. The van der Waals surface area contributed by atoms with Gasteiger partial charge in [0.05, 0.1) is 0 Å². The summed E-state index contributed by atoms with van der Waals surface area (Å²) >= 11 is 1.85. The number of carbonyl (C=O) groups is 1. The van der Waals surface area contributed by atoms with E-state index in [2.05, 4.69) is 19.3 Å². The number of thioether (sulfide) groups is 1. The molecule has 2 saturated carbocycles. The molecule has 0 aromatic heterocycles. The van der Waals surface area contributed by atoms with Gasteiger partial charge in [-0.25, -0.2) is 0 Å². The fourth-order valence-electron chi connectivity index (χ4n) is 3.48. The number of fused-ring (bicyclic) bond motifs is 1. The number of carbonyl (C=O) groups excluding carboxylic acids is 1. The molecule has 0 saturated heterocycles. The third-order valence-electron chi connectivity index (χ3n) is 4.66. The number of rotatable bonds is 4. The first-order chi connectivity index (χ1) is 8.74. The zero-order chi connectivity index (χ0) is 13.0. The standard InChI is InChI=1S/C16H26OS/c1-3-4-10-18-11-13-8-9-14-12(2)6-5-7-15(14)16(13)17/h11-12,14-15H,3-10H2,1-2H3/b13-11+. The lowest BCUT2D eigenvalue weighted by molar-refractivity contribution is -0.124. The fraction of sp³-hybridized carbons (Fsp3) is 0.812. The Morgan fingerprint density at radius 1 is 1.33 bits per heavy atom. The molecule has 2 aliphatic rings. The minimum atomic E-state index is 0.362. The van der Waals surface area contributed by atoms with Crippen LogP contribution in [0.3, 0.4) is 0 Å². The minimum absolute atomic E-state index is 0.362. The van der Waals surface area contributed by atoms with Gasteiger partial charge in [0, 0.05) is 11.5 Å². The Morgan fingerprint density at radius 3 is 2.94 bits per heavy atom. The highest BCUT2D eigenvalue weighted by molar-refractivity contribution is 8.02. The van der Waals surface area contributed by atoms with Gasteiger partial charge >= 0.3 is 0 Å². The van der Waals surface area contributed by atoms with Gasteiger partial charge in [-0.3, -0.25) is 4.79 Å². The number of allylic oxidation sites excluding steroid dienone is 1. The zero-order valence-electron chi connectivity index (χ0n) is 11.8. The molecule has 102 valence electrons. The van der Waals surface area contributed by atoms with Crippen LogP contribution in [0.5, 0.6) is 0 Å². The average Bonchev–Trinajstić information content (AvgIpc) is 2.38. The summed E-state index contributed by atoms with van der Waals surface area (Å²) in [7, 11) is 0. The molecule has 0 heterocycles. The molecule has 0 spiro atoms. The molecule has 0 aromatic carbocycles.